The second kappa shape index (κ2) is 34.4. The molecule has 0 amide bonds. The summed E-state index contributed by atoms with van der Waals surface area (Å²) in [5.41, 5.74) is 11.4. The van der Waals surface area contributed by atoms with E-state index in [1.807, 2.05) is 138 Å². The van der Waals surface area contributed by atoms with Gasteiger partial charge in [0.2, 0.25) is 13.6 Å². The summed E-state index contributed by atoms with van der Waals surface area (Å²) in [7, 11) is 10.2. The highest BCUT2D eigenvalue weighted by atomic mass is 32.2. The second-order valence-electron chi connectivity index (χ2n) is 33.5. The Labute approximate surface area is 742 Å². The zero-order valence-corrected chi connectivity index (χ0v) is 71.9. The third kappa shape index (κ3) is 13.8. The van der Waals surface area contributed by atoms with Crippen LogP contribution in [0.4, 0.5) is 0 Å². The molecule has 8 aromatic carbocycles. The highest BCUT2D eigenvalue weighted by molar-refractivity contribution is 7.99. The van der Waals surface area contributed by atoms with Gasteiger partial charge in [-0.15, -0.1) is 23.5 Å². The Morgan fingerprint density at radius 3 is 1.36 bits per heavy atom. The van der Waals surface area contributed by atoms with E-state index in [0.29, 0.717) is 160 Å². The van der Waals surface area contributed by atoms with Gasteiger partial charge in [-0.3, -0.25) is 39.8 Å². The van der Waals surface area contributed by atoms with Crippen molar-refractivity contribution in [1.29, 1.82) is 5.26 Å². The number of hydrogen-bond acceptors (Lipinski definition) is 30. The molecule has 2 spiro atoms. The maximum Gasteiger partial charge on any atom is 0.331 e. The van der Waals surface area contributed by atoms with Gasteiger partial charge in [0.25, 0.3) is 0 Å². The monoisotopic (exact) mass is 1760 g/mol. The zero-order valence-electron chi connectivity index (χ0n) is 70.3. The molecule has 14 aliphatic heterocycles. The van der Waals surface area contributed by atoms with Crippen LogP contribution in [0.15, 0.2) is 97.1 Å². The van der Waals surface area contributed by atoms with Crippen LogP contribution in [-0.2, 0) is 78.6 Å². The number of fused-ring (bicyclic) bond motifs is 18. The van der Waals surface area contributed by atoms with Crippen LogP contribution in [0.2, 0.25) is 0 Å². The van der Waals surface area contributed by atoms with Crippen molar-refractivity contribution in [2.24, 2.45) is 0 Å². The van der Waals surface area contributed by atoms with Gasteiger partial charge in [0.15, 0.2) is 80.1 Å². The van der Waals surface area contributed by atoms with Gasteiger partial charge >= 0.3 is 23.9 Å². The molecule has 14 heterocycles. The number of likely N-dealkylation sites (N-methyl/N-ethyl adjacent to an activating group) is 2. The van der Waals surface area contributed by atoms with Crippen molar-refractivity contribution in [3.05, 3.63) is 197 Å². The number of aliphatic hydroxyl groups is 1. The van der Waals surface area contributed by atoms with Gasteiger partial charge in [-0.1, -0.05) is 95.1 Å². The molecular weight excluding hydrogens is 1650 g/mol. The third-order valence-electron chi connectivity index (χ3n) is 27.1. The number of thioether (sulfide) groups is 2. The van der Waals surface area contributed by atoms with Crippen LogP contribution < -0.4 is 67.5 Å². The lowest BCUT2D eigenvalue weighted by atomic mass is 9.71. The molecule has 30 heteroatoms. The van der Waals surface area contributed by atoms with Crippen molar-refractivity contribution in [3.8, 4) is 86.6 Å². The van der Waals surface area contributed by atoms with Crippen LogP contribution in [0.1, 0.15) is 171 Å². The molecule has 0 aliphatic carbocycles. The zero-order chi connectivity index (χ0) is 85.7. The van der Waals surface area contributed by atoms with E-state index in [2.05, 4.69) is 37.5 Å². The number of rotatable bonds is 12. The number of esters is 4. The number of ether oxygens (including phenoxy) is 14. The molecule has 126 heavy (non-hydrogen) atoms. The summed E-state index contributed by atoms with van der Waals surface area (Å²) in [5.74, 6) is 3.87. The molecule has 5 N–H and O–H groups in total. The fraction of sp³-hybridized carbons (Fsp3) is 0.448. The number of aromatic hydroxyl groups is 2. The summed E-state index contributed by atoms with van der Waals surface area (Å²) >= 11 is 3.02. The largest absolute Gasteiger partial charge is 0.504 e. The highest BCUT2D eigenvalue weighted by Gasteiger charge is 2.65. The Bertz CT molecular complexity index is 5720. The van der Waals surface area contributed by atoms with Crippen LogP contribution in [0.25, 0.3) is 0 Å². The van der Waals surface area contributed by atoms with Crippen molar-refractivity contribution in [2.75, 3.05) is 93.9 Å². The Morgan fingerprint density at radius 2 is 0.937 bits per heavy atom. The van der Waals surface area contributed by atoms with E-state index in [1.165, 1.54) is 37.4 Å². The highest BCUT2D eigenvalue weighted by Crippen LogP contribution is 2.68. The first-order valence-corrected chi connectivity index (χ1v) is 43.6. The summed E-state index contributed by atoms with van der Waals surface area (Å²) in [5, 5.41) is 54.2. The number of carbonyl (C=O) groups excluding carboxylic acids is 4. The number of piperazine rings is 2. The average molecular weight is 1760 g/mol. The van der Waals surface area contributed by atoms with Gasteiger partial charge in [-0.05, 0) is 147 Å². The van der Waals surface area contributed by atoms with E-state index in [0.717, 1.165) is 61.2 Å². The summed E-state index contributed by atoms with van der Waals surface area (Å²) < 4.78 is 86.2. The molecule has 14 aliphatic rings. The van der Waals surface area contributed by atoms with Gasteiger partial charge in [-0.2, -0.15) is 5.26 Å². The standard InChI is InChI=1S/C47H48N4O10S.C46H49N3O11S.3CH4/c1-23-14-28-15-30-31(18-48)51-32-20-58-46(54)47(29-17-33(55-5)34(16-27(29)12-13-49-47)57-19-26-10-8-7-9-11-26)21-62-45(39(51)38(50(30)4)35(28)40(53)41(23)56-6)37-36(32)44-43(59-22-60-44)24(2)42(37)61-25(3)52;1-22-14-27-15-29-44(52)49-30-19-57-45(53)46(28-17-31(54-5)32(16-26(28)12-13-47-46)56-18-25-10-8-7-9-11-25)20-61-43(37(49)36(48(29)4)33(27)38(51)39(22)55-6)35-34(30)42-41(58-21-59-42)23(2)40(35)60-24(3)50;;;/h7-11,14,16-17,30-32,38-39,45,49,53H,12-13,15,19-22H2,1-6H3;7-11,14,16-17,29-30,36-37,43-44,47,51-52H,12-13,15,18-21H2,1-6H3;3*1H4/t30-,31-,32-,38+,39?,45+,47+;29-,30-,36+,37?,43+,44-,46+;;;/m00.../s1. The predicted molar refractivity (Wildman–Crippen MR) is 471 cm³/mol. The Kier molecular flexibility index (Phi) is 24.2. The van der Waals surface area contributed by atoms with Gasteiger partial charge in [-0.25, -0.2) is 9.59 Å². The number of nitriles is 1. The molecule has 28 nitrogen and oxygen atoms in total. The fourth-order valence-electron chi connectivity index (χ4n) is 21.8. The summed E-state index contributed by atoms with van der Waals surface area (Å²) in [6.45, 7) is 11.4. The smallest absolute Gasteiger partial charge is 0.331 e. The SMILES string of the molecule is C.C.C.COc1cc2c(cc1OCc1ccccc1)CCN[C@]21CS[C@@H]2c3c(OC(C)=O)c(C)c4c(c3[C@H](COC1=O)N1C2[C@H]2c3c(cc(C)c(OC)c3O)C[C@@H]([C@@H]1C#N)N2C)OCO4.COc1cc2c(cc1OCc1ccccc1)CCN[C@]21CS[C@@H]2c3c(OC(C)=O)c(C)c4c(c3[C@H](COC1=O)N1C2[C@H]2c3c(cc(C)c(OC)c3O)C[C@@H]([C@@H]1O)N2C)OCO4. The number of methoxy groups -OCH3 is 4. The maximum absolute atomic E-state index is 15.1. The van der Waals surface area contributed by atoms with Crippen LogP contribution in [0.5, 0.6) is 80.5 Å². The van der Waals surface area contributed by atoms with Crippen molar-refractivity contribution in [2.45, 2.75) is 185 Å². The van der Waals surface area contributed by atoms with Gasteiger partial charge in [0.05, 0.1) is 75.2 Å². The van der Waals surface area contributed by atoms with Crippen molar-refractivity contribution in [3.63, 3.8) is 0 Å². The maximum atomic E-state index is 15.1. The molecule has 4 fully saturated rings. The summed E-state index contributed by atoms with van der Waals surface area (Å²) in [4.78, 5) is 64.8. The van der Waals surface area contributed by atoms with Crippen LogP contribution in [0, 0.1) is 39.0 Å². The molecule has 666 valence electrons. The van der Waals surface area contributed by atoms with Gasteiger partial charge in [0.1, 0.15) is 50.2 Å². The van der Waals surface area contributed by atoms with E-state index >= 15 is 9.59 Å². The molecular formula is C96H109N7O21S2. The molecule has 0 radical (unpaired) electrons. The first-order chi connectivity index (χ1) is 59.5. The lowest BCUT2D eigenvalue weighted by Gasteiger charge is -2.62. The number of carbonyl (C=O) groups is 4. The van der Waals surface area contributed by atoms with Gasteiger partial charge in [0, 0.05) is 101 Å². The summed E-state index contributed by atoms with van der Waals surface area (Å²) in [6.07, 6.45) is 1.16. The number of nitrogens with zero attached hydrogens (tertiary/aromatic N) is 5. The number of phenols is 2. The van der Waals surface area contributed by atoms with E-state index < -0.39 is 94.0 Å². The molecule has 2 unspecified atom stereocenters. The van der Waals surface area contributed by atoms with E-state index in [9.17, 15) is 30.2 Å². The van der Waals surface area contributed by atoms with Crippen molar-refractivity contribution >= 4 is 47.4 Å². The first kappa shape index (κ1) is 88.6. The van der Waals surface area contributed by atoms with Crippen molar-refractivity contribution in [1.82, 2.24) is 30.2 Å². The quantitative estimate of drug-likeness (QED) is 0.0560. The molecule has 4 saturated heterocycles. The Balaban J connectivity index is 0.000000181. The van der Waals surface area contributed by atoms with Crippen molar-refractivity contribution < 1.29 is 101 Å². The first-order valence-electron chi connectivity index (χ1n) is 41.5. The minimum atomic E-state index is -1.34. The molecule has 14 atom stereocenters. The minimum Gasteiger partial charge on any atom is -0.504 e. The van der Waals surface area contributed by atoms with E-state index in [-0.39, 0.29) is 84.2 Å². The molecule has 8 aromatic rings. The van der Waals surface area contributed by atoms with E-state index in [1.54, 1.807) is 28.4 Å². The molecule has 8 bridgehead atoms. The van der Waals surface area contributed by atoms with E-state index in [4.69, 9.17) is 66.3 Å². The third-order valence-corrected chi connectivity index (χ3v) is 30.1. The van der Waals surface area contributed by atoms with Gasteiger partial charge < -0.3 is 81.6 Å². The topological polar surface area (TPSA) is 319 Å². The lowest BCUT2D eigenvalue weighted by molar-refractivity contribution is -0.186. The lowest BCUT2D eigenvalue weighted by Crippen LogP contribution is -2.70. The van der Waals surface area contributed by atoms with Crippen LogP contribution >= 0.6 is 23.5 Å². The molecule has 0 saturated carbocycles. The molecule has 22 rings (SSSR count). The number of benzene rings is 8. The number of hydrogen-bond donors (Lipinski definition) is 5. The normalized spacial score (nSPS) is 26.4. The molecule has 0 aromatic heterocycles. The minimum absolute atomic E-state index is 0. The number of aliphatic hydroxyl groups excluding tert-OH is 1. The van der Waals surface area contributed by atoms with Crippen LogP contribution in [0.3, 0.4) is 0 Å². The number of aryl methyl sites for hydroxylation is 2. The number of phenolic OH excluding ortho intramolecular Hbond substituents is 2. The predicted octanol–water partition coefficient (Wildman–Crippen LogP) is 13.1. The fourth-order valence-corrected chi connectivity index (χ4v) is 25.2. The summed E-state index contributed by atoms with van der Waals surface area (Å²) in [6, 6.07) is 29.3. The Hall–Kier alpha value is -10.8. The second-order valence-corrected chi connectivity index (χ2v) is 35.8. The average Bonchev–Trinajstić information content (AvgIpc) is 1.20. The Morgan fingerprint density at radius 1 is 0.524 bits per heavy atom. The number of nitrogens with one attached hydrogen (secondary N) is 2. The van der Waals surface area contributed by atoms with Crippen LogP contribution in [-0.4, -0.2) is 189 Å².